The Morgan fingerprint density at radius 2 is 2.00 bits per heavy atom. The molecule has 2 atom stereocenters. The van der Waals surface area contributed by atoms with E-state index in [1.54, 1.807) is 13.8 Å². The number of alkyl halides is 3. The van der Waals surface area contributed by atoms with Gasteiger partial charge in [0.15, 0.2) is 5.69 Å². The first-order valence-corrected chi connectivity index (χ1v) is 7.95. The van der Waals surface area contributed by atoms with E-state index in [1.165, 1.54) is 16.8 Å². The fourth-order valence-electron chi connectivity index (χ4n) is 2.94. The van der Waals surface area contributed by atoms with Gasteiger partial charge in [-0.15, -0.1) is 0 Å². The average Bonchev–Trinajstić information content (AvgIpc) is 2.92. The summed E-state index contributed by atoms with van der Waals surface area (Å²) < 4.78 is 39.8. The van der Waals surface area contributed by atoms with E-state index in [9.17, 15) is 18.0 Å². The molecule has 1 aliphatic heterocycles. The van der Waals surface area contributed by atoms with E-state index < -0.39 is 11.7 Å². The number of imidazole rings is 1. The number of halogens is 3. The Kier molecular flexibility index (Phi) is 4.36. The molecule has 0 radical (unpaired) electrons. The number of amides is 1. The minimum Gasteiger partial charge on any atom is -0.330 e. The monoisotopic (exact) mass is 363 g/mol. The van der Waals surface area contributed by atoms with Crippen LogP contribution >= 0.6 is 0 Å². The van der Waals surface area contributed by atoms with Crippen molar-refractivity contribution in [3.05, 3.63) is 52.6 Å². The van der Waals surface area contributed by atoms with Gasteiger partial charge in [-0.25, -0.2) is 9.66 Å². The van der Waals surface area contributed by atoms with Gasteiger partial charge in [0, 0.05) is 5.92 Å². The first-order chi connectivity index (χ1) is 12.2. The Labute approximate surface area is 147 Å². The van der Waals surface area contributed by atoms with Gasteiger partial charge in [0.05, 0.1) is 23.7 Å². The molecule has 3 rings (SSSR count). The number of carbonyl (C=O) groups is 1. The summed E-state index contributed by atoms with van der Waals surface area (Å²) in [6, 6.07) is 6.80. The second kappa shape index (κ2) is 6.37. The minimum atomic E-state index is -4.40. The molecule has 0 saturated carbocycles. The molecule has 26 heavy (non-hydrogen) atoms. The van der Waals surface area contributed by atoms with Crippen LogP contribution in [0.15, 0.2) is 24.3 Å². The normalized spacial score (nSPS) is 17.7. The van der Waals surface area contributed by atoms with Crippen molar-refractivity contribution >= 4 is 5.91 Å². The number of nitrogens with zero attached hydrogens (tertiary/aromatic N) is 3. The second-order valence-corrected chi connectivity index (χ2v) is 6.10. The Hall–Kier alpha value is -3.02. The molecule has 0 bridgehead atoms. The molecule has 2 N–H and O–H groups in total. The van der Waals surface area contributed by atoms with Crippen LogP contribution in [0.4, 0.5) is 13.2 Å². The molecule has 1 amide bonds. The third kappa shape index (κ3) is 3.10. The van der Waals surface area contributed by atoms with Crippen LogP contribution in [0.5, 0.6) is 0 Å². The number of nitriles is 1. The Morgan fingerprint density at radius 3 is 2.58 bits per heavy atom. The summed E-state index contributed by atoms with van der Waals surface area (Å²) in [5, 5.41) is 11.7. The maximum Gasteiger partial charge on any atom is 0.416 e. The van der Waals surface area contributed by atoms with Crippen LogP contribution in [-0.2, 0) is 12.6 Å². The summed E-state index contributed by atoms with van der Waals surface area (Å²) in [5.41, 5.74) is 3.53. The van der Waals surface area contributed by atoms with E-state index >= 15 is 0 Å². The summed E-state index contributed by atoms with van der Waals surface area (Å²) >= 11 is 0. The van der Waals surface area contributed by atoms with Crippen LogP contribution in [0.3, 0.4) is 0 Å². The molecule has 2 unspecified atom stereocenters. The molecule has 136 valence electrons. The van der Waals surface area contributed by atoms with Gasteiger partial charge in [-0.2, -0.15) is 18.4 Å². The topological polar surface area (TPSA) is 82.7 Å². The van der Waals surface area contributed by atoms with E-state index in [4.69, 9.17) is 5.26 Å². The lowest BCUT2D eigenvalue weighted by atomic mass is 9.99. The van der Waals surface area contributed by atoms with Crippen molar-refractivity contribution in [3.63, 3.8) is 0 Å². The highest BCUT2D eigenvalue weighted by Crippen LogP contribution is 2.32. The molecule has 1 aromatic carbocycles. The van der Waals surface area contributed by atoms with Gasteiger partial charge in [-0.1, -0.05) is 19.1 Å². The van der Waals surface area contributed by atoms with Crippen LogP contribution in [0.25, 0.3) is 0 Å². The largest absolute Gasteiger partial charge is 0.416 e. The quantitative estimate of drug-likeness (QED) is 0.878. The molecular formula is C17H16F3N5O. The van der Waals surface area contributed by atoms with Gasteiger partial charge in [0.1, 0.15) is 12.0 Å². The molecule has 1 aliphatic rings. The molecule has 0 spiro atoms. The third-order valence-corrected chi connectivity index (χ3v) is 4.23. The minimum absolute atomic E-state index is 0.0431. The number of hydrogen-bond donors (Lipinski definition) is 2. The lowest BCUT2D eigenvalue weighted by molar-refractivity contribution is -0.137. The molecule has 1 aromatic heterocycles. The fraction of sp³-hybridized carbons (Fsp3) is 0.353. The SMILES string of the molecule is CC1NC(=O)c2c(CC#N)nc(C(C)c3ccc(C(F)(F)F)cc3)n2N1. The van der Waals surface area contributed by atoms with E-state index in [0.717, 1.165) is 12.1 Å². The van der Waals surface area contributed by atoms with Crippen molar-refractivity contribution in [2.45, 2.75) is 38.5 Å². The standard InChI is InChI=1S/C17H16F3N5O/c1-9(11-3-5-12(6-4-11)17(18,19)20)15-23-13(7-8-21)14-16(26)22-10(2)24-25(14)15/h3-6,9-10,24H,7H2,1-2H3,(H,22,26). The summed E-state index contributed by atoms with van der Waals surface area (Å²) in [5.74, 6) is -0.263. The predicted octanol–water partition coefficient (Wildman–Crippen LogP) is 2.75. The summed E-state index contributed by atoms with van der Waals surface area (Å²) in [4.78, 5) is 16.7. The number of rotatable bonds is 3. The number of nitrogens with one attached hydrogen (secondary N) is 2. The maximum absolute atomic E-state index is 12.7. The summed E-state index contributed by atoms with van der Waals surface area (Å²) in [6.07, 6.45) is -4.79. The third-order valence-electron chi connectivity index (χ3n) is 4.23. The van der Waals surface area contributed by atoms with Gasteiger partial charge in [-0.05, 0) is 24.6 Å². The van der Waals surface area contributed by atoms with Gasteiger partial charge >= 0.3 is 6.18 Å². The van der Waals surface area contributed by atoms with Crippen molar-refractivity contribution in [1.82, 2.24) is 15.0 Å². The zero-order valence-corrected chi connectivity index (χ0v) is 14.1. The van der Waals surface area contributed by atoms with Crippen molar-refractivity contribution < 1.29 is 18.0 Å². The van der Waals surface area contributed by atoms with Crippen LogP contribution in [0.2, 0.25) is 0 Å². The Bertz CT molecular complexity index is 880. The van der Waals surface area contributed by atoms with Crippen LogP contribution in [-0.4, -0.2) is 21.7 Å². The summed E-state index contributed by atoms with van der Waals surface area (Å²) in [7, 11) is 0. The number of aromatic nitrogens is 2. The lowest BCUT2D eigenvalue weighted by Crippen LogP contribution is -2.49. The predicted molar refractivity (Wildman–Crippen MR) is 86.8 cm³/mol. The van der Waals surface area contributed by atoms with E-state index in [0.29, 0.717) is 17.1 Å². The highest BCUT2D eigenvalue weighted by atomic mass is 19.4. The van der Waals surface area contributed by atoms with Crippen molar-refractivity contribution in [3.8, 4) is 6.07 Å². The number of carbonyl (C=O) groups excluding carboxylic acids is 1. The molecule has 2 aromatic rings. The lowest BCUT2D eigenvalue weighted by Gasteiger charge is -2.27. The maximum atomic E-state index is 12.7. The molecule has 0 fully saturated rings. The van der Waals surface area contributed by atoms with Crippen LogP contribution in [0, 0.1) is 11.3 Å². The van der Waals surface area contributed by atoms with Gasteiger partial charge in [0.2, 0.25) is 0 Å². The zero-order chi connectivity index (χ0) is 19.1. The Morgan fingerprint density at radius 1 is 1.35 bits per heavy atom. The molecule has 0 saturated heterocycles. The Balaban J connectivity index is 2.02. The van der Waals surface area contributed by atoms with E-state index in [2.05, 4.69) is 15.7 Å². The number of hydrogen-bond acceptors (Lipinski definition) is 4. The highest BCUT2D eigenvalue weighted by Gasteiger charge is 2.32. The average molecular weight is 363 g/mol. The number of benzene rings is 1. The van der Waals surface area contributed by atoms with Gasteiger partial charge < -0.3 is 10.7 Å². The molecule has 2 heterocycles. The summed E-state index contributed by atoms with van der Waals surface area (Å²) in [6.45, 7) is 3.53. The first kappa shape index (κ1) is 17.8. The molecule has 9 heteroatoms. The molecule has 6 nitrogen and oxygen atoms in total. The van der Waals surface area contributed by atoms with Crippen molar-refractivity contribution in [2.24, 2.45) is 0 Å². The van der Waals surface area contributed by atoms with Gasteiger partial charge in [-0.3, -0.25) is 4.79 Å². The van der Waals surface area contributed by atoms with E-state index in [1.807, 2.05) is 6.07 Å². The van der Waals surface area contributed by atoms with Gasteiger partial charge in [0.25, 0.3) is 5.91 Å². The van der Waals surface area contributed by atoms with Crippen LogP contribution < -0.4 is 10.7 Å². The van der Waals surface area contributed by atoms with E-state index in [-0.39, 0.29) is 30.1 Å². The zero-order valence-electron chi connectivity index (χ0n) is 14.1. The highest BCUT2D eigenvalue weighted by molar-refractivity contribution is 5.95. The smallest absolute Gasteiger partial charge is 0.330 e. The fourth-order valence-corrected chi connectivity index (χ4v) is 2.94. The van der Waals surface area contributed by atoms with Crippen LogP contribution in [0.1, 0.15) is 52.9 Å². The first-order valence-electron chi connectivity index (χ1n) is 7.95. The number of fused-ring (bicyclic) bond motifs is 1. The molecule has 0 aliphatic carbocycles. The molecular weight excluding hydrogens is 347 g/mol. The van der Waals surface area contributed by atoms with Crippen molar-refractivity contribution in [2.75, 3.05) is 5.43 Å². The second-order valence-electron chi connectivity index (χ2n) is 6.10. The van der Waals surface area contributed by atoms with Crippen molar-refractivity contribution in [1.29, 1.82) is 5.26 Å².